The Kier molecular flexibility index (Phi) is 4.94. The van der Waals surface area contributed by atoms with Crippen molar-refractivity contribution < 1.29 is 0 Å². The summed E-state index contributed by atoms with van der Waals surface area (Å²) in [5.74, 6) is 0. The highest BCUT2D eigenvalue weighted by Crippen LogP contribution is 2.23. The van der Waals surface area contributed by atoms with Crippen LogP contribution in [-0.2, 0) is 6.42 Å². The van der Waals surface area contributed by atoms with E-state index in [9.17, 15) is 0 Å². The summed E-state index contributed by atoms with van der Waals surface area (Å²) in [5, 5.41) is 9.15. The third-order valence-electron chi connectivity index (χ3n) is 3.44. The fourth-order valence-electron chi connectivity index (χ4n) is 2.09. The van der Waals surface area contributed by atoms with Gasteiger partial charge in [0.2, 0.25) is 0 Å². The maximum atomic E-state index is 4.50. The SMILES string of the molecule is CCc1cnc([C@H](C)N[C@H](C)c2cnn(C(C)C)c2)s1. The second kappa shape index (κ2) is 6.50. The van der Waals surface area contributed by atoms with E-state index in [1.165, 1.54) is 10.4 Å². The Morgan fingerprint density at radius 2 is 1.95 bits per heavy atom. The maximum absolute atomic E-state index is 4.50. The van der Waals surface area contributed by atoms with E-state index in [4.69, 9.17) is 0 Å². The molecule has 4 nitrogen and oxygen atoms in total. The summed E-state index contributed by atoms with van der Waals surface area (Å²) in [4.78, 5) is 5.84. The smallest absolute Gasteiger partial charge is 0.109 e. The number of thiazole rings is 1. The van der Waals surface area contributed by atoms with Crippen molar-refractivity contribution >= 4 is 11.3 Å². The molecule has 2 aromatic heterocycles. The minimum atomic E-state index is 0.262. The molecule has 0 aliphatic carbocycles. The average molecular weight is 292 g/mol. The van der Waals surface area contributed by atoms with Crippen LogP contribution in [0.5, 0.6) is 0 Å². The number of aromatic nitrogens is 3. The minimum absolute atomic E-state index is 0.262. The van der Waals surface area contributed by atoms with E-state index in [1.54, 1.807) is 11.3 Å². The van der Waals surface area contributed by atoms with Crippen molar-refractivity contribution in [2.75, 3.05) is 0 Å². The van der Waals surface area contributed by atoms with Crippen LogP contribution >= 0.6 is 11.3 Å². The molecule has 0 bridgehead atoms. The van der Waals surface area contributed by atoms with E-state index in [1.807, 2.05) is 17.1 Å². The molecule has 0 fully saturated rings. The topological polar surface area (TPSA) is 42.7 Å². The highest BCUT2D eigenvalue weighted by molar-refractivity contribution is 7.11. The van der Waals surface area contributed by atoms with E-state index >= 15 is 0 Å². The molecule has 0 aliphatic rings. The van der Waals surface area contributed by atoms with Gasteiger partial charge in [-0.25, -0.2) is 4.98 Å². The first-order valence-electron chi connectivity index (χ1n) is 7.26. The van der Waals surface area contributed by atoms with Crippen LogP contribution in [0.2, 0.25) is 0 Å². The fraction of sp³-hybridized carbons (Fsp3) is 0.600. The van der Waals surface area contributed by atoms with Crippen LogP contribution in [0.1, 0.15) is 68.2 Å². The standard InChI is InChI=1S/C15H24N4S/c1-6-14-8-16-15(20-14)12(5)18-11(4)13-7-17-19(9-13)10(2)3/h7-12,18H,6H2,1-5H3/t11-,12+/m1/s1. The van der Waals surface area contributed by atoms with Gasteiger partial charge in [0, 0.05) is 34.9 Å². The van der Waals surface area contributed by atoms with Gasteiger partial charge in [-0.1, -0.05) is 6.92 Å². The first kappa shape index (κ1) is 15.2. The Morgan fingerprint density at radius 3 is 2.50 bits per heavy atom. The lowest BCUT2D eigenvalue weighted by atomic mass is 10.1. The minimum Gasteiger partial charge on any atom is -0.301 e. The van der Waals surface area contributed by atoms with E-state index in [0.29, 0.717) is 6.04 Å². The van der Waals surface area contributed by atoms with Gasteiger partial charge in [0.05, 0.1) is 12.2 Å². The number of hydrogen-bond acceptors (Lipinski definition) is 4. The molecule has 0 saturated carbocycles. The maximum Gasteiger partial charge on any atom is 0.109 e. The van der Waals surface area contributed by atoms with Crippen LogP contribution in [-0.4, -0.2) is 14.8 Å². The van der Waals surface area contributed by atoms with Gasteiger partial charge in [-0.2, -0.15) is 5.10 Å². The summed E-state index contributed by atoms with van der Waals surface area (Å²) in [5.41, 5.74) is 1.22. The van der Waals surface area contributed by atoms with Crippen molar-refractivity contribution in [3.63, 3.8) is 0 Å². The van der Waals surface area contributed by atoms with Gasteiger partial charge in [-0.15, -0.1) is 11.3 Å². The molecule has 0 radical (unpaired) electrons. The van der Waals surface area contributed by atoms with Crippen molar-refractivity contribution in [2.24, 2.45) is 0 Å². The summed E-state index contributed by atoms with van der Waals surface area (Å²) in [6, 6.07) is 0.934. The fourth-order valence-corrected chi connectivity index (χ4v) is 2.96. The molecule has 0 spiro atoms. The molecule has 5 heteroatoms. The monoisotopic (exact) mass is 292 g/mol. The molecule has 1 N–H and O–H groups in total. The van der Waals surface area contributed by atoms with E-state index in [0.717, 1.165) is 11.4 Å². The van der Waals surface area contributed by atoms with Crippen LogP contribution in [0.3, 0.4) is 0 Å². The molecule has 0 saturated heterocycles. The molecule has 0 aromatic carbocycles. The lowest BCUT2D eigenvalue weighted by Crippen LogP contribution is -2.22. The summed E-state index contributed by atoms with van der Waals surface area (Å²) in [7, 11) is 0. The van der Waals surface area contributed by atoms with Crippen LogP contribution in [0.25, 0.3) is 0 Å². The van der Waals surface area contributed by atoms with Crippen molar-refractivity contribution in [1.29, 1.82) is 0 Å². The second-order valence-electron chi connectivity index (χ2n) is 5.48. The van der Waals surface area contributed by atoms with Gasteiger partial charge in [0.1, 0.15) is 5.01 Å². The number of aryl methyl sites for hydroxylation is 1. The number of hydrogen-bond donors (Lipinski definition) is 1. The Hall–Kier alpha value is -1.20. The summed E-state index contributed by atoms with van der Waals surface area (Å²) >= 11 is 1.79. The molecular formula is C15H24N4S. The number of nitrogens with one attached hydrogen (secondary N) is 1. The molecule has 110 valence electrons. The molecule has 0 unspecified atom stereocenters. The highest BCUT2D eigenvalue weighted by atomic mass is 32.1. The van der Waals surface area contributed by atoms with E-state index < -0.39 is 0 Å². The Labute approximate surface area is 125 Å². The molecule has 2 atom stereocenters. The first-order chi connectivity index (χ1) is 9.51. The van der Waals surface area contributed by atoms with E-state index in [2.05, 4.69) is 56.2 Å². The van der Waals surface area contributed by atoms with Gasteiger partial charge in [-0.3, -0.25) is 4.68 Å². The van der Waals surface area contributed by atoms with Gasteiger partial charge in [0.25, 0.3) is 0 Å². The third-order valence-corrected chi connectivity index (χ3v) is 4.77. The predicted molar refractivity (Wildman–Crippen MR) is 84.1 cm³/mol. The zero-order chi connectivity index (χ0) is 14.7. The van der Waals surface area contributed by atoms with Gasteiger partial charge < -0.3 is 5.32 Å². The zero-order valence-electron chi connectivity index (χ0n) is 12.9. The van der Waals surface area contributed by atoms with Crippen LogP contribution in [0.4, 0.5) is 0 Å². The lowest BCUT2D eigenvalue weighted by molar-refractivity contribution is 0.490. The van der Waals surface area contributed by atoms with Gasteiger partial charge in [-0.05, 0) is 34.1 Å². The quantitative estimate of drug-likeness (QED) is 0.878. The largest absolute Gasteiger partial charge is 0.301 e. The lowest BCUT2D eigenvalue weighted by Gasteiger charge is -2.17. The second-order valence-corrected chi connectivity index (χ2v) is 6.62. The number of nitrogens with zero attached hydrogens (tertiary/aromatic N) is 3. The van der Waals surface area contributed by atoms with Crippen LogP contribution < -0.4 is 5.32 Å². The summed E-state index contributed by atoms with van der Waals surface area (Å²) in [6.07, 6.45) is 7.11. The molecule has 2 heterocycles. The predicted octanol–water partition coefficient (Wildman–Crippen LogP) is 3.89. The van der Waals surface area contributed by atoms with Crippen molar-refractivity contribution in [3.05, 3.63) is 34.0 Å². The van der Waals surface area contributed by atoms with Gasteiger partial charge in [0.15, 0.2) is 0 Å². The Balaban J connectivity index is 2.00. The van der Waals surface area contributed by atoms with Crippen molar-refractivity contribution in [3.8, 4) is 0 Å². The normalized spacial score (nSPS) is 14.7. The number of rotatable bonds is 6. The van der Waals surface area contributed by atoms with Crippen molar-refractivity contribution in [1.82, 2.24) is 20.1 Å². The molecule has 0 aliphatic heterocycles. The first-order valence-corrected chi connectivity index (χ1v) is 8.07. The summed E-state index contributed by atoms with van der Waals surface area (Å²) in [6.45, 7) is 10.8. The highest BCUT2D eigenvalue weighted by Gasteiger charge is 2.15. The zero-order valence-corrected chi connectivity index (χ0v) is 13.7. The Morgan fingerprint density at radius 1 is 1.20 bits per heavy atom. The van der Waals surface area contributed by atoms with Crippen molar-refractivity contribution in [2.45, 2.75) is 59.2 Å². The summed E-state index contributed by atoms with van der Waals surface area (Å²) < 4.78 is 2.00. The molecular weight excluding hydrogens is 268 g/mol. The van der Waals surface area contributed by atoms with E-state index in [-0.39, 0.29) is 12.1 Å². The average Bonchev–Trinajstić information content (AvgIpc) is 3.07. The van der Waals surface area contributed by atoms with Gasteiger partial charge >= 0.3 is 0 Å². The molecule has 2 aromatic rings. The van der Waals surface area contributed by atoms with Crippen LogP contribution in [0.15, 0.2) is 18.6 Å². The molecule has 2 rings (SSSR count). The Bertz CT molecular complexity index is 544. The molecule has 0 amide bonds. The molecule has 20 heavy (non-hydrogen) atoms. The van der Waals surface area contributed by atoms with Crippen LogP contribution in [0, 0.1) is 0 Å². The third kappa shape index (κ3) is 3.46.